The number of carbonyl (C=O) groups excluding carboxylic acids is 1. The van der Waals surface area contributed by atoms with Gasteiger partial charge in [-0.1, -0.05) is 23.8 Å². The Labute approximate surface area is 102 Å². The van der Waals surface area contributed by atoms with E-state index in [1.807, 2.05) is 36.9 Å². The number of rotatable bonds is 1. The predicted molar refractivity (Wildman–Crippen MR) is 70.0 cm³/mol. The molecule has 3 nitrogen and oxygen atoms in total. The van der Waals surface area contributed by atoms with Crippen molar-refractivity contribution in [3.63, 3.8) is 0 Å². The first-order chi connectivity index (χ1) is 8.09. The second-order valence-corrected chi connectivity index (χ2v) is 4.72. The average Bonchev–Trinajstić information content (AvgIpc) is 2.61. The lowest BCUT2D eigenvalue weighted by atomic mass is 10.1. The second kappa shape index (κ2) is 4.62. The third-order valence-corrected chi connectivity index (χ3v) is 2.91. The highest BCUT2D eigenvalue weighted by Crippen LogP contribution is 2.31. The molecule has 3 heteroatoms. The highest BCUT2D eigenvalue weighted by molar-refractivity contribution is 5.95. The molecule has 1 N–H and O–H groups in total. The summed E-state index contributed by atoms with van der Waals surface area (Å²) in [4.78, 5) is 13.9. The molecule has 0 aromatic heterocycles. The van der Waals surface area contributed by atoms with Crippen molar-refractivity contribution in [3.05, 3.63) is 41.6 Å². The van der Waals surface area contributed by atoms with Crippen LogP contribution in [0.4, 0.5) is 10.5 Å². The zero-order valence-corrected chi connectivity index (χ0v) is 10.5. The first-order valence-electron chi connectivity index (χ1n) is 5.90. The van der Waals surface area contributed by atoms with Gasteiger partial charge >= 0.3 is 6.03 Å². The van der Waals surface area contributed by atoms with Crippen LogP contribution < -0.4 is 10.2 Å². The van der Waals surface area contributed by atoms with Gasteiger partial charge in [-0.3, -0.25) is 4.90 Å². The molecule has 1 unspecified atom stereocenters. The van der Waals surface area contributed by atoms with Gasteiger partial charge in [0.2, 0.25) is 0 Å². The third-order valence-electron chi connectivity index (χ3n) is 2.91. The maximum absolute atomic E-state index is 12.1. The van der Waals surface area contributed by atoms with E-state index >= 15 is 0 Å². The number of carbonyl (C=O) groups is 1. The first-order valence-corrected chi connectivity index (χ1v) is 5.90. The minimum absolute atomic E-state index is 0.0522. The van der Waals surface area contributed by atoms with Gasteiger partial charge in [-0.15, -0.1) is 0 Å². The topological polar surface area (TPSA) is 32.3 Å². The number of benzene rings is 1. The molecule has 90 valence electrons. The Kier molecular flexibility index (Phi) is 3.18. The minimum atomic E-state index is -0.0522. The van der Waals surface area contributed by atoms with Crippen molar-refractivity contribution >= 4 is 11.7 Å². The molecule has 1 aliphatic rings. The SMILES string of the molecule is CC(C)=CNC(=O)N1c2ccccc2CC1C. The molecule has 0 aliphatic carbocycles. The number of hydrogen-bond donors (Lipinski definition) is 1. The zero-order chi connectivity index (χ0) is 12.4. The summed E-state index contributed by atoms with van der Waals surface area (Å²) in [5.74, 6) is 0. The molecule has 2 amide bonds. The van der Waals surface area contributed by atoms with Gasteiger partial charge in [0.05, 0.1) is 0 Å². The Morgan fingerprint density at radius 2 is 2.12 bits per heavy atom. The Morgan fingerprint density at radius 1 is 1.41 bits per heavy atom. The van der Waals surface area contributed by atoms with Gasteiger partial charge in [-0.2, -0.15) is 0 Å². The molecule has 0 saturated carbocycles. The van der Waals surface area contributed by atoms with Gasteiger partial charge in [0, 0.05) is 17.9 Å². The molecule has 1 aromatic carbocycles. The fraction of sp³-hybridized carbons (Fsp3) is 0.357. The van der Waals surface area contributed by atoms with E-state index in [9.17, 15) is 4.79 Å². The van der Waals surface area contributed by atoms with Crippen LogP contribution in [0.5, 0.6) is 0 Å². The summed E-state index contributed by atoms with van der Waals surface area (Å²) in [6.07, 6.45) is 2.68. The Balaban J connectivity index is 2.21. The number of urea groups is 1. The molecule has 1 aliphatic heterocycles. The predicted octanol–water partition coefficient (Wildman–Crippen LogP) is 3.07. The molecule has 0 spiro atoms. The normalized spacial score (nSPS) is 17.6. The van der Waals surface area contributed by atoms with E-state index in [1.54, 1.807) is 6.20 Å². The van der Waals surface area contributed by atoms with Crippen molar-refractivity contribution in [2.24, 2.45) is 0 Å². The summed E-state index contributed by atoms with van der Waals surface area (Å²) >= 11 is 0. The molecule has 0 bridgehead atoms. The van der Waals surface area contributed by atoms with Crippen molar-refractivity contribution in [2.75, 3.05) is 4.90 Å². The zero-order valence-electron chi connectivity index (χ0n) is 10.5. The number of amides is 2. The van der Waals surface area contributed by atoms with Crippen LogP contribution in [0.1, 0.15) is 26.3 Å². The first kappa shape index (κ1) is 11.7. The average molecular weight is 230 g/mol. The molecule has 2 rings (SSSR count). The number of para-hydroxylation sites is 1. The van der Waals surface area contributed by atoms with Crippen LogP contribution in [0.25, 0.3) is 0 Å². The molecule has 1 aromatic rings. The van der Waals surface area contributed by atoms with E-state index in [2.05, 4.69) is 18.3 Å². The van der Waals surface area contributed by atoms with Crippen LogP contribution in [0.2, 0.25) is 0 Å². The highest BCUT2D eigenvalue weighted by Gasteiger charge is 2.29. The van der Waals surface area contributed by atoms with Crippen molar-refractivity contribution < 1.29 is 4.79 Å². The van der Waals surface area contributed by atoms with E-state index < -0.39 is 0 Å². The second-order valence-electron chi connectivity index (χ2n) is 4.72. The Morgan fingerprint density at radius 3 is 2.82 bits per heavy atom. The van der Waals surface area contributed by atoms with Gasteiger partial charge in [-0.25, -0.2) is 4.79 Å². The summed E-state index contributed by atoms with van der Waals surface area (Å²) in [6.45, 7) is 5.99. The number of fused-ring (bicyclic) bond motifs is 1. The minimum Gasteiger partial charge on any atom is -0.314 e. The highest BCUT2D eigenvalue weighted by atomic mass is 16.2. The number of nitrogens with zero attached hydrogens (tertiary/aromatic N) is 1. The summed E-state index contributed by atoms with van der Waals surface area (Å²) in [6, 6.07) is 8.24. The van der Waals surface area contributed by atoms with Gasteiger partial charge in [0.25, 0.3) is 0 Å². The van der Waals surface area contributed by atoms with Gasteiger partial charge < -0.3 is 5.32 Å². The van der Waals surface area contributed by atoms with Crippen LogP contribution in [-0.4, -0.2) is 12.1 Å². The van der Waals surface area contributed by atoms with Crippen molar-refractivity contribution in [3.8, 4) is 0 Å². The lowest BCUT2D eigenvalue weighted by Gasteiger charge is -2.22. The number of nitrogens with one attached hydrogen (secondary N) is 1. The van der Waals surface area contributed by atoms with E-state index in [0.29, 0.717) is 0 Å². The molecule has 1 atom stereocenters. The molecular weight excluding hydrogens is 212 g/mol. The van der Waals surface area contributed by atoms with Crippen LogP contribution in [0.3, 0.4) is 0 Å². The lowest BCUT2D eigenvalue weighted by Crippen LogP contribution is -2.41. The fourth-order valence-corrected chi connectivity index (χ4v) is 2.15. The molecule has 0 saturated heterocycles. The van der Waals surface area contributed by atoms with Crippen molar-refractivity contribution in [1.82, 2.24) is 5.32 Å². The summed E-state index contributed by atoms with van der Waals surface area (Å²) in [5.41, 5.74) is 3.35. The van der Waals surface area contributed by atoms with E-state index in [4.69, 9.17) is 0 Å². The van der Waals surface area contributed by atoms with Gasteiger partial charge in [0.15, 0.2) is 0 Å². The summed E-state index contributed by atoms with van der Waals surface area (Å²) < 4.78 is 0. The van der Waals surface area contributed by atoms with Crippen LogP contribution >= 0.6 is 0 Å². The number of anilines is 1. The Bertz CT molecular complexity index is 461. The molecular formula is C14H18N2O. The maximum atomic E-state index is 12.1. The largest absolute Gasteiger partial charge is 0.326 e. The van der Waals surface area contributed by atoms with Crippen molar-refractivity contribution in [1.29, 1.82) is 0 Å². The van der Waals surface area contributed by atoms with E-state index in [-0.39, 0.29) is 12.1 Å². The lowest BCUT2D eigenvalue weighted by molar-refractivity contribution is 0.248. The molecule has 0 radical (unpaired) electrons. The quantitative estimate of drug-likeness (QED) is 0.790. The van der Waals surface area contributed by atoms with E-state index in [1.165, 1.54) is 5.56 Å². The van der Waals surface area contributed by atoms with Gasteiger partial charge in [-0.05, 0) is 38.8 Å². The van der Waals surface area contributed by atoms with Crippen LogP contribution in [0, 0.1) is 0 Å². The number of hydrogen-bond acceptors (Lipinski definition) is 1. The van der Waals surface area contributed by atoms with Crippen molar-refractivity contribution in [2.45, 2.75) is 33.2 Å². The standard InChI is InChI=1S/C14H18N2O/c1-10(2)9-15-14(17)16-11(3)8-12-6-4-5-7-13(12)16/h4-7,9,11H,8H2,1-3H3,(H,15,17). The smallest absolute Gasteiger partial charge is 0.314 e. The number of allylic oxidation sites excluding steroid dienone is 1. The maximum Gasteiger partial charge on any atom is 0.326 e. The summed E-state index contributed by atoms with van der Waals surface area (Å²) in [5, 5.41) is 2.82. The molecule has 1 heterocycles. The monoisotopic (exact) mass is 230 g/mol. The molecule has 0 fully saturated rings. The Hall–Kier alpha value is -1.77. The molecule has 17 heavy (non-hydrogen) atoms. The third kappa shape index (κ3) is 2.33. The van der Waals surface area contributed by atoms with E-state index in [0.717, 1.165) is 17.7 Å². The van der Waals surface area contributed by atoms with Gasteiger partial charge in [0.1, 0.15) is 0 Å². The summed E-state index contributed by atoms with van der Waals surface area (Å²) in [7, 11) is 0. The fourth-order valence-electron chi connectivity index (χ4n) is 2.15. The van der Waals surface area contributed by atoms with Crippen LogP contribution in [-0.2, 0) is 6.42 Å². The van der Waals surface area contributed by atoms with Crippen LogP contribution in [0.15, 0.2) is 36.0 Å².